The van der Waals surface area contributed by atoms with Crippen molar-refractivity contribution in [3.05, 3.63) is 12.2 Å². The van der Waals surface area contributed by atoms with E-state index < -0.39 is 26.5 Å². The lowest BCUT2D eigenvalue weighted by Gasteiger charge is -2.19. The lowest BCUT2D eigenvalue weighted by Crippen LogP contribution is -2.29. The smallest absolute Gasteiger partial charge is 0.462 e. The van der Waals surface area contributed by atoms with Crippen LogP contribution in [0.15, 0.2) is 12.2 Å². The average Bonchev–Trinajstić information content (AvgIpc) is 3.10. The summed E-state index contributed by atoms with van der Waals surface area (Å²) in [5, 5.41) is 0. The molecule has 50 heavy (non-hydrogen) atoms. The third-order valence-corrected chi connectivity index (χ3v) is 9.89. The summed E-state index contributed by atoms with van der Waals surface area (Å²) in [4.78, 5) is 34.8. The minimum absolute atomic E-state index is 0.0556. The summed E-state index contributed by atoms with van der Waals surface area (Å²) < 4.78 is 32.7. The molecule has 0 aromatic heterocycles. The van der Waals surface area contributed by atoms with Gasteiger partial charge in [0.15, 0.2) is 6.10 Å². The minimum Gasteiger partial charge on any atom is -0.462 e. The van der Waals surface area contributed by atoms with Gasteiger partial charge in [-0.3, -0.25) is 18.6 Å². The lowest BCUT2D eigenvalue weighted by molar-refractivity contribution is -0.161. The maximum absolute atomic E-state index is 12.5. The number of rotatable bonds is 39. The van der Waals surface area contributed by atoms with Crippen LogP contribution in [0.25, 0.3) is 0 Å². The number of hydrogen-bond donors (Lipinski definition) is 2. The van der Waals surface area contributed by atoms with Crippen LogP contribution >= 0.6 is 7.82 Å². The minimum atomic E-state index is -4.37. The maximum Gasteiger partial charge on any atom is 0.472 e. The molecular formula is C40H78NO8P. The van der Waals surface area contributed by atoms with Gasteiger partial charge in [-0.2, -0.15) is 0 Å². The molecule has 3 N–H and O–H groups in total. The van der Waals surface area contributed by atoms with E-state index in [1.807, 2.05) is 0 Å². The van der Waals surface area contributed by atoms with Crippen LogP contribution in [0.2, 0.25) is 0 Å². The summed E-state index contributed by atoms with van der Waals surface area (Å²) >= 11 is 0. The highest BCUT2D eigenvalue weighted by atomic mass is 31.2. The van der Waals surface area contributed by atoms with E-state index >= 15 is 0 Å². The van der Waals surface area contributed by atoms with Gasteiger partial charge in [-0.25, -0.2) is 4.57 Å². The summed E-state index contributed by atoms with van der Waals surface area (Å²) in [6.07, 6.45) is 36.6. The maximum atomic E-state index is 12.5. The first-order valence-electron chi connectivity index (χ1n) is 20.7. The van der Waals surface area contributed by atoms with E-state index in [2.05, 4.69) is 26.0 Å². The van der Waals surface area contributed by atoms with Crippen molar-refractivity contribution in [1.82, 2.24) is 0 Å². The van der Waals surface area contributed by atoms with Gasteiger partial charge in [0.05, 0.1) is 13.2 Å². The Balaban J connectivity index is 4.16. The van der Waals surface area contributed by atoms with E-state index in [0.717, 1.165) is 44.9 Å². The molecule has 0 saturated heterocycles. The molecule has 10 heteroatoms. The van der Waals surface area contributed by atoms with Gasteiger partial charge in [0, 0.05) is 19.4 Å². The molecule has 0 heterocycles. The number of unbranched alkanes of at least 4 members (excludes halogenated alkanes) is 24. The molecule has 0 saturated carbocycles. The fourth-order valence-electron chi connectivity index (χ4n) is 5.81. The molecule has 0 radical (unpaired) electrons. The van der Waals surface area contributed by atoms with E-state index in [1.54, 1.807) is 0 Å². The number of ether oxygens (including phenoxy) is 2. The second-order valence-electron chi connectivity index (χ2n) is 13.9. The van der Waals surface area contributed by atoms with Gasteiger partial charge < -0.3 is 20.1 Å². The van der Waals surface area contributed by atoms with Crippen LogP contribution in [0.1, 0.15) is 200 Å². The Morgan fingerprint density at radius 2 is 0.980 bits per heavy atom. The molecule has 0 fully saturated rings. The fourth-order valence-corrected chi connectivity index (χ4v) is 6.57. The van der Waals surface area contributed by atoms with Gasteiger partial charge in [0.25, 0.3) is 0 Å². The number of carbonyl (C=O) groups excluding carboxylic acids is 2. The highest BCUT2D eigenvalue weighted by molar-refractivity contribution is 7.47. The van der Waals surface area contributed by atoms with Gasteiger partial charge in [-0.05, 0) is 38.5 Å². The highest BCUT2D eigenvalue weighted by Crippen LogP contribution is 2.43. The molecular weight excluding hydrogens is 653 g/mol. The molecule has 0 aliphatic rings. The van der Waals surface area contributed by atoms with Crippen molar-refractivity contribution in [3.8, 4) is 0 Å². The first-order chi connectivity index (χ1) is 24.3. The molecule has 9 nitrogen and oxygen atoms in total. The van der Waals surface area contributed by atoms with Gasteiger partial charge in [-0.15, -0.1) is 0 Å². The summed E-state index contributed by atoms with van der Waals surface area (Å²) in [5.41, 5.74) is 5.34. The highest BCUT2D eigenvalue weighted by Gasteiger charge is 2.26. The fraction of sp³-hybridized carbons (Fsp3) is 0.900. The largest absolute Gasteiger partial charge is 0.472 e. The van der Waals surface area contributed by atoms with Crippen LogP contribution in [-0.2, 0) is 32.7 Å². The average molecular weight is 732 g/mol. The zero-order valence-corrected chi connectivity index (χ0v) is 33.3. The monoisotopic (exact) mass is 732 g/mol. The topological polar surface area (TPSA) is 134 Å². The molecule has 1 unspecified atom stereocenters. The Labute approximate surface area is 307 Å². The Bertz CT molecular complexity index is 840. The molecule has 0 aliphatic carbocycles. The van der Waals surface area contributed by atoms with Crippen LogP contribution in [0, 0.1) is 0 Å². The van der Waals surface area contributed by atoms with Crippen molar-refractivity contribution in [1.29, 1.82) is 0 Å². The lowest BCUT2D eigenvalue weighted by atomic mass is 10.0. The van der Waals surface area contributed by atoms with Gasteiger partial charge >= 0.3 is 19.8 Å². The van der Waals surface area contributed by atoms with Crippen LogP contribution in [0.4, 0.5) is 0 Å². The van der Waals surface area contributed by atoms with E-state index in [9.17, 15) is 19.0 Å². The normalized spacial score (nSPS) is 13.4. The number of phosphoric acid groups is 1. The van der Waals surface area contributed by atoms with Crippen LogP contribution in [-0.4, -0.2) is 49.3 Å². The predicted octanol–water partition coefficient (Wildman–Crippen LogP) is 11.4. The third kappa shape index (κ3) is 36.5. The standard InChI is InChI=1S/C40H78NO8P/c1-3-5-7-9-11-13-15-17-19-21-22-24-26-28-30-32-39(42)46-36-38(37-48-50(44,45)47-35-34-41)49-40(43)33-31-29-27-25-23-20-18-16-14-12-10-8-6-4-2/h13,15,38H,3-12,14,16-37,41H2,1-2H3,(H,44,45)/b15-13+/t38-/m1/s1. The van der Waals surface area contributed by atoms with E-state index in [1.165, 1.54) is 122 Å². The second kappa shape index (κ2) is 37.5. The van der Waals surface area contributed by atoms with Crippen molar-refractivity contribution in [2.45, 2.75) is 206 Å². The van der Waals surface area contributed by atoms with E-state index in [4.69, 9.17) is 24.3 Å². The quantitative estimate of drug-likeness (QED) is 0.0274. The Morgan fingerprint density at radius 3 is 1.44 bits per heavy atom. The summed E-state index contributed by atoms with van der Waals surface area (Å²) in [5.74, 6) is -0.825. The van der Waals surface area contributed by atoms with Crippen LogP contribution in [0.3, 0.4) is 0 Å². The first-order valence-corrected chi connectivity index (χ1v) is 22.2. The predicted molar refractivity (Wildman–Crippen MR) is 206 cm³/mol. The first kappa shape index (κ1) is 48.8. The SMILES string of the molecule is CCCCCC/C=C/CCCCCCCCCC(=O)OC[C@H](COP(=O)(O)OCCN)OC(=O)CCCCCCCCCCCCCCCC. The number of allylic oxidation sites excluding steroid dienone is 2. The zero-order valence-electron chi connectivity index (χ0n) is 32.4. The van der Waals surface area contributed by atoms with Crippen molar-refractivity contribution in [2.24, 2.45) is 5.73 Å². The molecule has 0 aromatic carbocycles. The molecule has 0 bridgehead atoms. The molecule has 2 atom stereocenters. The number of carbonyl (C=O) groups is 2. The Hall–Kier alpha value is -1.25. The number of phosphoric ester groups is 1. The second-order valence-corrected chi connectivity index (χ2v) is 15.3. The molecule has 0 aliphatic heterocycles. The Kier molecular flexibility index (Phi) is 36.6. The summed E-state index contributed by atoms with van der Waals surface area (Å²) in [6, 6.07) is 0. The van der Waals surface area contributed by atoms with Crippen molar-refractivity contribution >= 4 is 19.8 Å². The van der Waals surface area contributed by atoms with Crippen molar-refractivity contribution in [2.75, 3.05) is 26.4 Å². The van der Waals surface area contributed by atoms with Gasteiger partial charge in [-0.1, -0.05) is 161 Å². The number of esters is 2. The molecule has 296 valence electrons. The van der Waals surface area contributed by atoms with Gasteiger partial charge in [0.2, 0.25) is 0 Å². The van der Waals surface area contributed by atoms with Crippen LogP contribution in [0.5, 0.6) is 0 Å². The molecule has 0 amide bonds. The molecule has 0 aromatic rings. The van der Waals surface area contributed by atoms with E-state index in [0.29, 0.717) is 6.42 Å². The zero-order chi connectivity index (χ0) is 36.8. The molecule has 0 spiro atoms. The van der Waals surface area contributed by atoms with E-state index in [-0.39, 0.29) is 38.6 Å². The van der Waals surface area contributed by atoms with Gasteiger partial charge in [0.1, 0.15) is 6.61 Å². The number of nitrogens with two attached hydrogens (primary N) is 1. The van der Waals surface area contributed by atoms with Crippen molar-refractivity contribution in [3.63, 3.8) is 0 Å². The molecule has 0 rings (SSSR count). The third-order valence-electron chi connectivity index (χ3n) is 8.90. The summed E-state index contributed by atoms with van der Waals surface area (Å²) in [6.45, 7) is 3.73. The van der Waals surface area contributed by atoms with Crippen LogP contribution < -0.4 is 5.73 Å². The van der Waals surface area contributed by atoms with Crippen molar-refractivity contribution < 1.29 is 37.6 Å². The summed E-state index contributed by atoms with van der Waals surface area (Å²) in [7, 11) is -4.37. The number of hydrogen-bond acceptors (Lipinski definition) is 8. The Morgan fingerprint density at radius 1 is 0.580 bits per heavy atom.